The zero-order chi connectivity index (χ0) is 19.0. The highest BCUT2D eigenvalue weighted by Crippen LogP contribution is 2.34. The first kappa shape index (κ1) is 17.9. The van der Waals surface area contributed by atoms with Crippen LogP contribution in [0.25, 0.3) is 11.3 Å². The summed E-state index contributed by atoms with van der Waals surface area (Å²) in [5, 5.41) is 3.98. The first-order chi connectivity index (χ1) is 12.9. The normalized spacial score (nSPS) is 18.7. The third-order valence-electron chi connectivity index (χ3n) is 4.79. The van der Waals surface area contributed by atoms with Gasteiger partial charge in [0.05, 0.1) is 24.1 Å². The number of hydrogen-bond acceptors (Lipinski definition) is 4. The molecular formula is C18H20FN5O2S. The van der Waals surface area contributed by atoms with Gasteiger partial charge in [-0.2, -0.15) is 9.40 Å². The molecule has 2 aromatic heterocycles. The Morgan fingerprint density at radius 2 is 2.11 bits per heavy atom. The van der Waals surface area contributed by atoms with E-state index in [1.54, 1.807) is 25.4 Å². The summed E-state index contributed by atoms with van der Waals surface area (Å²) in [6, 6.07) is 5.83. The number of rotatable bonds is 4. The topological polar surface area (TPSA) is 83.9 Å². The number of nitrogens with zero attached hydrogens (tertiary/aromatic N) is 4. The number of hydrogen-bond donors (Lipinski definition) is 1. The molecule has 3 aromatic rings. The zero-order valence-electron chi connectivity index (χ0n) is 14.8. The van der Waals surface area contributed by atoms with E-state index in [0.29, 0.717) is 30.0 Å². The molecule has 4 rings (SSSR count). The Bertz CT molecular complexity index is 1060. The molecule has 1 saturated heterocycles. The molecule has 3 heterocycles. The van der Waals surface area contributed by atoms with Gasteiger partial charge in [-0.1, -0.05) is 18.6 Å². The highest BCUT2D eigenvalue weighted by Gasteiger charge is 2.36. The van der Waals surface area contributed by atoms with Crippen LogP contribution in [0.5, 0.6) is 0 Å². The quantitative estimate of drug-likeness (QED) is 0.744. The molecule has 1 fully saturated rings. The number of benzene rings is 1. The second kappa shape index (κ2) is 6.90. The number of aromatic nitrogens is 4. The van der Waals surface area contributed by atoms with Crippen molar-refractivity contribution >= 4 is 10.0 Å². The molecule has 0 unspecified atom stereocenters. The standard InChI is InChI=1S/C18H20FN5O2S/c1-23-12-15(10-21-23)27(25,26)24-8-3-2-7-17(24)18-20-11-16(22-18)13-5-4-6-14(19)9-13/h4-6,9-12,17H,2-3,7-8H2,1H3,(H,20,22)/t17-/m0/s1. The van der Waals surface area contributed by atoms with Gasteiger partial charge in [-0.15, -0.1) is 0 Å². The number of sulfonamides is 1. The van der Waals surface area contributed by atoms with Crippen molar-refractivity contribution in [3.05, 3.63) is 54.5 Å². The van der Waals surface area contributed by atoms with Gasteiger partial charge in [0.25, 0.3) is 0 Å². The highest BCUT2D eigenvalue weighted by molar-refractivity contribution is 7.89. The van der Waals surface area contributed by atoms with E-state index in [4.69, 9.17) is 0 Å². The Kier molecular flexibility index (Phi) is 4.56. The Morgan fingerprint density at radius 1 is 1.26 bits per heavy atom. The minimum Gasteiger partial charge on any atom is -0.341 e. The number of imidazole rings is 1. The molecule has 0 amide bonds. The van der Waals surface area contributed by atoms with Crippen LogP contribution in [0, 0.1) is 5.82 Å². The number of aromatic amines is 1. The molecule has 0 bridgehead atoms. The molecule has 9 heteroatoms. The molecule has 1 atom stereocenters. The van der Waals surface area contributed by atoms with Gasteiger partial charge < -0.3 is 4.98 Å². The molecule has 1 N–H and O–H groups in total. The smallest absolute Gasteiger partial charge is 0.246 e. The number of H-pyrrole nitrogens is 1. The molecule has 27 heavy (non-hydrogen) atoms. The van der Waals surface area contributed by atoms with E-state index in [-0.39, 0.29) is 16.8 Å². The number of aryl methyl sites for hydroxylation is 1. The van der Waals surface area contributed by atoms with Crippen molar-refractivity contribution in [2.45, 2.75) is 30.2 Å². The van der Waals surface area contributed by atoms with Gasteiger partial charge in [-0.05, 0) is 25.0 Å². The lowest BCUT2D eigenvalue weighted by molar-refractivity contribution is 0.247. The van der Waals surface area contributed by atoms with Crippen LogP contribution in [0.15, 0.2) is 47.8 Å². The van der Waals surface area contributed by atoms with E-state index in [2.05, 4.69) is 15.1 Å². The summed E-state index contributed by atoms with van der Waals surface area (Å²) in [6.45, 7) is 0.428. The van der Waals surface area contributed by atoms with Gasteiger partial charge >= 0.3 is 0 Å². The van der Waals surface area contributed by atoms with Gasteiger partial charge in [-0.3, -0.25) is 4.68 Å². The minimum atomic E-state index is -3.67. The van der Waals surface area contributed by atoms with Crippen LogP contribution in [0.2, 0.25) is 0 Å². The molecule has 1 aliphatic heterocycles. The van der Waals surface area contributed by atoms with Gasteiger partial charge in [-0.25, -0.2) is 17.8 Å². The molecule has 0 saturated carbocycles. The van der Waals surface area contributed by atoms with Crippen LogP contribution in [-0.4, -0.2) is 39.0 Å². The summed E-state index contributed by atoms with van der Waals surface area (Å²) >= 11 is 0. The fourth-order valence-electron chi connectivity index (χ4n) is 3.44. The Hall–Kier alpha value is -2.52. The summed E-state index contributed by atoms with van der Waals surface area (Å²) in [5.41, 5.74) is 1.33. The maximum absolute atomic E-state index is 13.5. The highest BCUT2D eigenvalue weighted by atomic mass is 32.2. The van der Waals surface area contributed by atoms with Crippen LogP contribution < -0.4 is 0 Å². The van der Waals surface area contributed by atoms with Crippen molar-refractivity contribution in [1.82, 2.24) is 24.1 Å². The molecule has 1 aromatic carbocycles. The van der Waals surface area contributed by atoms with Gasteiger partial charge in [0.15, 0.2) is 0 Å². The predicted molar refractivity (Wildman–Crippen MR) is 97.7 cm³/mol. The van der Waals surface area contributed by atoms with E-state index < -0.39 is 10.0 Å². The van der Waals surface area contributed by atoms with E-state index in [9.17, 15) is 12.8 Å². The van der Waals surface area contributed by atoms with Crippen molar-refractivity contribution in [2.75, 3.05) is 6.54 Å². The van der Waals surface area contributed by atoms with E-state index in [0.717, 1.165) is 12.8 Å². The lowest BCUT2D eigenvalue weighted by Gasteiger charge is -2.33. The molecule has 1 aliphatic rings. The second-order valence-corrected chi connectivity index (χ2v) is 8.56. The number of halogens is 1. The summed E-state index contributed by atoms with van der Waals surface area (Å²) in [4.78, 5) is 7.76. The Labute approximate surface area is 156 Å². The fraction of sp³-hybridized carbons (Fsp3) is 0.333. The third kappa shape index (κ3) is 3.40. The monoisotopic (exact) mass is 389 g/mol. The zero-order valence-corrected chi connectivity index (χ0v) is 15.7. The molecule has 142 valence electrons. The van der Waals surface area contributed by atoms with Crippen molar-refractivity contribution in [2.24, 2.45) is 7.05 Å². The average Bonchev–Trinajstić information content (AvgIpc) is 3.31. The second-order valence-electron chi connectivity index (χ2n) is 6.67. The summed E-state index contributed by atoms with van der Waals surface area (Å²) in [6.07, 6.45) is 6.87. The van der Waals surface area contributed by atoms with E-state index in [1.807, 2.05) is 0 Å². The minimum absolute atomic E-state index is 0.175. The Balaban J connectivity index is 1.67. The predicted octanol–water partition coefficient (Wildman–Crippen LogP) is 2.87. The van der Waals surface area contributed by atoms with Gasteiger partial charge in [0.2, 0.25) is 10.0 Å². The summed E-state index contributed by atoms with van der Waals surface area (Å²) in [5.74, 6) is 0.239. The molecule has 7 nitrogen and oxygen atoms in total. The summed E-state index contributed by atoms with van der Waals surface area (Å²) in [7, 11) is -1.99. The molecule has 0 radical (unpaired) electrons. The van der Waals surface area contributed by atoms with Gasteiger partial charge in [0, 0.05) is 25.4 Å². The molecular weight excluding hydrogens is 369 g/mol. The largest absolute Gasteiger partial charge is 0.341 e. The Morgan fingerprint density at radius 3 is 2.85 bits per heavy atom. The third-order valence-corrected chi connectivity index (χ3v) is 6.65. The number of piperidine rings is 1. The van der Waals surface area contributed by atoms with Crippen LogP contribution in [-0.2, 0) is 17.1 Å². The SMILES string of the molecule is Cn1cc(S(=O)(=O)N2CCCC[C@H]2c2ncc(-c3cccc(F)c3)[nH]2)cn1. The van der Waals surface area contributed by atoms with E-state index in [1.165, 1.54) is 33.5 Å². The van der Waals surface area contributed by atoms with Crippen molar-refractivity contribution < 1.29 is 12.8 Å². The molecule has 0 spiro atoms. The number of nitrogens with one attached hydrogen (secondary N) is 1. The average molecular weight is 389 g/mol. The first-order valence-corrected chi connectivity index (χ1v) is 10.2. The maximum Gasteiger partial charge on any atom is 0.246 e. The van der Waals surface area contributed by atoms with Crippen molar-refractivity contribution in [3.63, 3.8) is 0 Å². The summed E-state index contributed by atoms with van der Waals surface area (Å²) < 4.78 is 42.6. The van der Waals surface area contributed by atoms with Crippen molar-refractivity contribution in [3.8, 4) is 11.3 Å². The van der Waals surface area contributed by atoms with Crippen molar-refractivity contribution in [1.29, 1.82) is 0 Å². The van der Waals surface area contributed by atoms with Crippen LogP contribution >= 0.6 is 0 Å². The van der Waals surface area contributed by atoms with Crippen LogP contribution in [0.3, 0.4) is 0 Å². The lowest BCUT2D eigenvalue weighted by Crippen LogP contribution is -2.38. The molecule has 0 aliphatic carbocycles. The van der Waals surface area contributed by atoms with Crippen LogP contribution in [0.4, 0.5) is 4.39 Å². The fourth-order valence-corrected chi connectivity index (χ4v) is 5.09. The van der Waals surface area contributed by atoms with Crippen LogP contribution in [0.1, 0.15) is 31.1 Å². The van der Waals surface area contributed by atoms with Gasteiger partial charge in [0.1, 0.15) is 16.5 Å². The van der Waals surface area contributed by atoms with E-state index >= 15 is 0 Å². The maximum atomic E-state index is 13.5. The first-order valence-electron chi connectivity index (χ1n) is 8.76. The lowest BCUT2D eigenvalue weighted by atomic mass is 10.0.